The fourth-order valence-corrected chi connectivity index (χ4v) is 3.22. The highest BCUT2D eigenvalue weighted by Gasteiger charge is 2.34. The molecule has 3 rings (SSSR count). The van der Waals surface area contributed by atoms with E-state index >= 15 is 0 Å². The maximum absolute atomic E-state index is 13.1. The van der Waals surface area contributed by atoms with E-state index in [2.05, 4.69) is 11.4 Å². The van der Waals surface area contributed by atoms with Crippen LogP contribution in [0.1, 0.15) is 33.0 Å². The summed E-state index contributed by atoms with van der Waals surface area (Å²) in [6.45, 7) is 0. The molecular weight excluding hydrogens is 401 g/mol. The summed E-state index contributed by atoms with van der Waals surface area (Å²) >= 11 is 6.30. The van der Waals surface area contributed by atoms with Gasteiger partial charge >= 0.3 is 6.18 Å². The van der Waals surface area contributed by atoms with E-state index in [1.54, 1.807) is 30.3 Å². The number of hydrogen-bond donors (Lipinski definition) is 1. The van der Waals surface area contributed by atoms with Crippen molar-refractivity contribution in [3.8, 4) is 6.07 Å². The van der Waals surface area contributed by atoms with Crippen LogP contribution in [-0.2, 0) is 6.18 Å². The normalized spacial score (nSPS) is 12.1. The predicted molar refractivity (Wildman–Crippen MR) is 105 cm³/mol. The highest BCUT2D eigenvalue weighted by molar-refractivity contribution is 6.32. The van der Waals surface area contributed by atoms with E-state index in [0.717, 1.165) is 17.7 Å². The van der Waals surface area contributed by atoms with Gasteiger partial charge in [-0.3, -0.25) is 4.79 Å². The van der Waals surface area contributed by atoms with Crippen LogP contribution in [0.15, 0.2) is 72.8 Å². The molecule has 1 atom stereocenters. The van der Waals surface area contributed by atoms with Crippen LogP contribution < -0.4 is 5.32 Å². The number of hydrogen-bond acceptors (Lipinski definition) is 2. The van der Waals surface area contributed by atoms with Gasteiger partial charge in [0.25, 0.3) is 5.91 Å². The molecule has 0 unspecified atom stereocenters. The quantitative estimate of drug-likeness (QED) is 0.547. The lowest BCUT2D eigenvalue weighted by Gasteiger charge is -2.15. The van der Waals surface area contributed by atoms with Crippen molar-refractivity contribution in [2.24, 2.45) is 0 Å². The second-order valence-corrected chi connectivity index (χ2v) is 6.61. The molecule has 0 aromatic heterocycles. The summed E-state index contributed by atoms with van der Waals surface area (Å²) in [6, 6.07) is 20.3. The van der Waals surface area contributed by atoms with Crippen LogP contribution in [0.4, 0.5) is 18.9 Å². The van der Waals surface area contributed by atoms with E-state index in [4.69, 9.17) is 11.6 Å². The van der Waals surface area contributed by atoms with Crippen LogP contribution in [0.3, 0.4) is 0 Å². The molecule has 0 fully saturated rings. The molecule has 7 heteroatoms. The van der Waals surface area contributed by atoms with Gasteiger partial charge in [-0.2, -0.15) is 18.4 Å². The Morgan fingerprint density at radius 1 is 1.00 bits per heavy atom. The molecule has 0 aliphatic heterocycles. The van der Waals surface area contributed by atoms with E-state index < -0.39 is 29.1 Å². The molecule has 0 aliphatic carbocycles. The summed E-state index contributed by atoms with van der Waals surface area (Å²) in [6.07, 6.45) is -4.65. The maximum Gasteiger partial charge on any atom is 0.417 e. The SMILES string of the molecule is N#C[C@@H](c1ccccc1)c1ccc(NC(=O)c2ccccc2C(F)(F)F)cc1Cl. The van der Waals surface area contributed by atoms with Crippen LogP contribution in [0.2, 0.25) is 5.02 Å². The Morgan fingerprint density at radius 2 is 1.66 bits per heavy atom. The zero-order valence-electron chi connectivity index (χ0n) is 14.9. The molecular formula is C22H14ClF3N2O. The summed E-state index contributed by atoms with van der Waals surface area (Å²) in [5, 5.41) is 12.2. The molecule has 146 valence electrons. The fourth-order valence-electron chi connectivity index (χ4n) is 2.93. The molecule has 29 heavy (non-hydrogen) atoms. The Bertz CT molecular complexity index is 1080. The zero-order chi connectivity index (χ0) is 21.0. The lowest BCUT2D eigenvalue weighted by atomic mass is 9.92. The van der Waals surface area contributed by atoms with Crippen LogP contribution in [0, 0.1) is 11.3 Å². The smallest absolute Gasteiger partial charge is 0.322 e. The van der Waals surface area contributed by atoms with E-state index in [1.807, 2.05) is 6.07 Å². The first-order valence-corrected chi connectivity index (χ1v) is 8.90. The van der Waals surface area contributed by atoms with Crippen LogP contribution in [0.25, 0.3) is 0 Å². The number of rotatable bonds is 4. The average molecular weight is 415 g/mol. The number of halogens is 4. The van der Waals surface area contributed by atoms with Gasteiger partial charge in [0.2, 0.25) is 0 Å². The molecule has 3 aromatic carbocycles. The second kappa shape index (κ2) is 8.38. The van der Waals surface area contributed by atoms with Crippen molar-refractivity contribution in [1.29, 1.82) is 5.26 Å². The average Bonchev–Trinajstić information content (AvgIpc) is 2.70. The third-order valence-corrected chi connectivity index (χ3v) is 4.64. The summed E-state index contributed by atoms with van der Waals surface area (Å²) in [5.41, 5.74) is 0.0144. The Labute approximate surface area is 170 Å². The van der Waals surface area contributed by atoms with Gasteiger partial charge in [-0.25, -0.2) is 0 Å². The van der Waals surface area contributed by atoms with Crippen LogP contribution in [-0.4, -0.2) is 5.91 Å². The highest BCUT2D eigenvalue weighted by Crippen LogP contribution is 2.34. The van der Waals surface area contributed by atoms with Crippen molar-refractivity contribution >= 4 is 23.2 Å². The lowest BCUT2D eigenvalue weighted by molar-refractivity contribution is -0.137. The third-order valence-electron chi connectivity index (χ3n) is 4.31. The molecule has 0 radical (unpaired) electrons. The van der Waals surface area contributed by atoms with Crippen LogP contribution >= 0.6 is 11.6 Å². The van der Waals surface area contributed by atoms with Gasteiger partial charge in [0, 0.05) is 10.7 Å². The second-order valence-electron chi connectivity index (χ2n) is 6.21. The largest absolute Gasteiger partial charge is 0.417 e. The number of amides is 1. The minimum atomic E-state index is -4.65. The number of nitrogens with zero attached hydrogens (tertiary/aromatic N) is 1. The molecule has 0 spiro atoms. The Hall–Kier alpha value is -3.30. The molecule has 0 aliphatic rings. The summed E-state index contributed by atoms with van der Waals surface area (Å²) in [5.74, 6) is -1.51. The first kappa shape index (κ1) is 20.4. The minimum absolute atomic E-state index is 0.224. The van der Waals surface area contributed by atoms with Crippen LogP contribution in [0.5, 0.6) is 0 Å². The minimum Gasteiger partial charge on any atom is -0.322 e. The number of carbonyl (C=O) groups is 1. The molecule has 3 nitrogen and oxygen atoms in total. The molecule has 0 saturated carbocycles. The summed E-state index contributed by atoms with van der Waals surface area (Å²) in [4.78, 5) is 12.4. The Balaban J connectivity index is 1.87. The number of anilines is 1. The number of nitrogens with one attached hydrogen (secondary N) is 1. The molecule has 0 bridgehead atoms. The van der Waals surface area contributed by atoms with Crippen molar-refractivity contribution < 1.29 is 18.0 Å². The molecule has 1 amide bonds. The monoisotopic (exact) mass is 414 g/mol. The lowest BCUT2D eigenvalue weighted by Crippen LogP contribution is -2.18. The number of carbonyl (C=O) groups excluding carboxylic acids is 1. The molecule has 0 saturated heterocycles. The Morgan fingerprint density at radius 3 is 2.28 bits per heavy atom. The van der Waals surface area contributed by atoms with Crippen molar-refractivity contribution in [2.45, 2.75) is 12.1 Å². The van der Waals surface area contributed by atoms with Crippen molar-refractivity contribution in [1.82, 2.24) is 0 Å². The highest BCUT2D eigenvalue weighted by atomic mass is 35.5. The van der Waals surface area contributed by atoms with Gasteiger partial charge in [0.1, 0.15) is 0 Å². The molecule has 3 aromatic rings. The topological polar surface area (TPSA) is 52.9 Å². The van der Waals surface area contributed by atoms with Gasteiger partial charge in [0.15, 0.2) is 0 Å². The van der Waals surface area contributed by atoms with E-state index in [9.17, 15) is 23.2 Å². The van der Waals surface area contributed by atoms with Gasteiger partial charge < -0.3 is 5.32 Å². The molecule has 1 N–H and O–H groups in total. The first-order valence-electron chi connectivity index (χ1n) is 8.53. The first-order chi connectivity index (χ1) is 13.8. The van der Waals surface area contributed by atoms with E-state index in [0.29, 0.717) is 5.56 Å². The van der Waals surface area contributed by atoms with Gasteiger partial charge in [-0.1, -0.05) is 60.1 Å². The standard InChI is InChI=1S/C22H14ClF3N2O/c23-20-12-15(10-11-16(20)18(13-27)14-6-2-1-3-7-14)28-21(29)17-8-4-5-9-19(17)22(24,25)26/h1-12,18H,(H,28,29)/t18-/m0/s1. The number of nitriles is 1. The van der Waals surface area contributed by atoms with Gasteiger partial charge in [0.05, 0.1) is 23.1 Å². The van der Waals surface area contributed by atoms with Crippen molar-refractivity contribution in [3.05, 3.63) is 100 Å². The maximum atomic E-state index is 13.1. The van der Waals surface area contributed by atoms with Gasteiger partial charge in [-0.05, 0) is 35.4 Å². The van der Waals surface area contributed by atoms with Gasteiger partial charge in [-0.15, -0.1) is 0 Å². The van der Waals surface area contributed by atoms with E-state index in [1.165, 1.54) is 24.3 Å². The Kier molecular flexibility index (Phi) is 5.90. The fraction of sp³-hybridized carbons (Fsp3) is 0.0909. The third kappa shape index (κ3) is 4.58. The zero-order valence-corrected chi connectivity index (χ0v) is 15.6. The summed E-state index contributed by atoms with van der Waals surface area (Å²) < 4.78 is 39.4. The van der Waals surface area contributed by atoms with Crippen molar-refractivity contribution in [3.63, 3.8) is 0 Å². The molecule has 0 heterocycles. The van der Waals surface area contributed by atoms with E-state index in [-0.39, 0.29) is 10.7 Å². The predicted octanol–water partition coefficient (Wildman–Crippen LogP) is 6.27. The summed E-state index contributed by atoms with van der Waals surface area (Å²) in [7, 11) is 0. The van der Waals surface area contributed by atoms with Crippen molar-refractivity contribution in [2.75, 3.05) is 5.32 Å². The number of benzene rings is 3. The number of alkyl halides is 3.